The van der Waals surface area contributed by atoms with Crippen LogP contribution in [-0.4, -0.2) is 26.7 Å². The Hall–Kier alpha value is -1.46. The van der Waals surface area contributed by atoms with Crippen molar-refractivity contribution in [2.24, 2.45) is 0 Å². The highest BCUT2D eigenvalue weighted by molar-refractivity contribution is 6.30. The second-order valence-electron chi connectivity index (χ2n) is 3.62. The lowest BCUT2D eigenvalue weighted by molar-refractivity contribution is 0.298. The fraction of sp³-hybridized carbons (Fsp3) is 0.273. The van der Waals surface area contributed by atoms with Crippen LogP contribution in [0.4, 0.5) is 4.39 Å². The summed E-state index contributed by atoms with van der Waals surface area (Å²) in [6.45, 7) is 0.315. The van der Waals surface area contributed by atoms with Crippen LogP contribution in [0.3, 0.4) is 0 Å². The predicted octanol–water partition coefficient (Wildman–Crippen LogP) is 1.65. The van der Waals surface area contributed by atoms with Gasteiger partial charge in [0.15, 0.2) is 0 Å². The molecule has 0 aliphatic carbocycles. The van der Waals surface area contributed by atoms with E-state index in [9.17, 15) is 4.39 Å². The first kappa shape index (κ1) is 12.0. The van der Waals surface area contributed by atoms with Crippen LogP contribution in [0.1, 0.15) is 11.3 Å². The molecule has 0 fully saturated rings. The molecular formula is C11H11ClFN3O. The first-order valence-electron chi connectivity index (χ1n) is 5.13. The third kappa shape index (κ3) is 3.01. The first-order chi connectivity index (χ1) is 8.19. The summed E-state index contributed by atoms with van der Waals surface area (Å²) in [5.41, 5.74) is 1.18. The van der Waals surface area contributed by atoms with Gasteiger partial charge in [-0.15, -0.1) is 5.10 Å². The number of rotatable bonds is 4. The maximum atomic E-state index is 13.5. The zero-order valence-electron chi connectivity index (χ0n) is 8.98. The van der Waals surface area contributed by atoms with E-state index in [1.165, 1.54) is 10.7 Å². The van der Waals surface area contributed by atoms with Gasteiger partial charge < -0.3 is 5.11 Å². The van der Waals surface area contributed by atoms with Crippen molar-refractivity contribution < 1.29 is 9.50 Å². The van der Waals surface area contributed by atoms with Crippen molar-refractivity contribution in [3.05, 3.63) is 46.5 Å². The molecule has 2 rings (SSSR count). The van der Waals surface area contributed by atoms with Crippen molar-refractivity contribution in [2.45, 2.75) is 13.0 Å². The number of hydrogen-bond donors (Lipinski definition) is 1. The predicted molar refractivity (Wildman–Crippen MR) is 61.3 cm³/mol. The third-order valence-corrected chi connectivity index (χ3v) is 2.54. The molecule has 1 aromatic carbocycles. The minimum absolute atomic E-state index is 0.0218. The minimum atomic E-state index is -0.364. The SMILES string of the molecule is OCCc1cn(Cc2ccc(Cl)cc2F)nn1. The van der Waals surface area contributed by atoms with Crippen molar-refractivity contribution >= 4 is 11.6 Å². The Morgan fingerprint density at radius 1 is 1.41 bits per heavy atom. The number of aliphatic hydroxyl groups is 1. The Kier molecular flexibility index (Phi) is 3.71. The fourth-order valence-electron chi connectivity index (χ4n) is 1.47. The van der Waals surface area contributed by atoms with Gasteiger partial charge in [-0.25, -0.2) is 9.07 Å². The summed E-state index contributed by atoms with van der Waals surface area (Å²) in [5.74, 6) is -0.364. The molecule has 0 radical (unpaired) electrons. The molecule has 4 nitrogen and oxygen atoms in total. The molecule has 1 heterocycles. The number of aliphatic hydroxyl groups excluding tert-OH is 1. The summed E-state index contributed by atoms with van der Waals surface area (Å²) in [7, 11) is 0. The summed E-state index contributed by atoms with van der Waals surface area (Å²) in [4.78, 5) is 0. The normalized spacial score (nSPS) is 10.8. The Bertz CT molecular complexity index is 515. The average Bonchev–Trinajstić information content (AvgIpc) is 2.71. The molecule has 0 saturated heterocycles. The minimum Gasteiger partial charge on any atom is -0.396 e. The molecule has 1 N–H and O–H groups in total. The lowest BCUT2D eigenvalue weighted by Crippen LogP contribution is -2.02. The molecular weight excluding hydrogens is 245 g/mol. The Labute approximate surface area is 103 Å². The highest BCUT2D eigenvalue weighted by Gasteiger charge is 2.06. The zero-order valence-corrected chi connectivity index (χ0v) is 9.73. The summed E-state index contributed by atoms with van der Waals surface area (Å²) < 4.78 is 15.0. The third-order valence-electron chi connectivity index (χ3n) is 2.30. The lowest BCUT2D eigenvalue weighted by atomic mass is 10.2. The molecule has 0 aliphatic rings. The van der Waals surface area contributed by atoms with Crippen molar-refractivity contribution in [3.63, 3.8) is 0 Å². The maximum absolute atomic E-state index is 13.5. The summed E-state index contributed by atoms with van der Waals surface area (Å²) >= 11 is 5.66. The second kappa shape index (κ2) is 5.25. The van der Waals surface area contributed by atoms with Crippen LogP contribution < -0.4 is 0 Å². The van der Waals surface area contributed by atoms with E-state index in [0.29, 0.717) is 29.2 Å². The largest absolute Gasteiger partial charge is 0.396 e. The molecule has 1 aromatic heterocycles. The molecule has 90 valence electrons. The van der Waals surface area contributed by atoms with E-state index in [0.717, 1.165) is 0 Å². The molecule has 0 bridgehead atoms. The number of hydrogen-bond acceptors (Lipinski definition) is 3. The highest BCUT2D eigenvalue weighted by Crippen LogP contribution is 2.15. The van der Waals surface area contributed by atoms with Gasteiger partial charge >= 0.3 is 0 Å². The molecule has 0 amide bonds. The van der Waals surface area contributed by atoms with Crippen molar-refractivity contribution in [1.82, 2.24) is 15.0 Å². The standard InChI is InChI=1S/C11H11ClFN3O/c12-9-2-1-8(11(13)5-9)6-16-7-10(3-4-17)14-15-16/h1-2,5,7,17H,3-4,6H2. The number of nitrogens with zero attached hydrogens (tertiary/aromatic N) is 3. The van der Waals surface area contributed by atoms with Gasteiger partial charge in [-0.1, -0.05) is 22.9 Å². The number of benzene rings is 1. The Morgan fingerprint density at radius 3 is 2.94 bits per heavy atom. The maximum Gasteiger partial charge on any atom is 0.129 e. The van der Waals surface area contributed by atoms with Crippen LogP contribution in [0.25, 0.3) is 0 Å². The Morgan fingerprint density at radius 2 is 2.24 bits per heavy atom. The van der Waals surface area contributed by atoms with Crippen LogP contribution in [-0.2, 0) is 13.0 Å². The van der Waals surface area contributed by atoms with E-state index in [2.05, 4.69) is 10.3 Å². The second-order valence-corrected chi connectivity index (χ2v) is 4.05. The molecule has 17 heavy (non-hydrogen) atoms. The smallest absolute Gasteiger partial charge is 0.129 e. The zero-order chi connectivity index (χ0) is 12.3. The van der Waals surface area contributed by atoms with E-state index >= 15 is 0 Å². The molecule has 2 aromatic rings. The van der Waals surface area contributed by atoms with Crippen LogP contribution in [0, 0.1) is 5.82 Å². The van der Waals surface area contributed by atoms with Gasteiger partial charge in [0.1, 0.15) is 5.82 Å². The van der Waals surface area contributed by atoms with Gasteiger partial charge in [0.25, 0.3) is 0 Å². The van der Waals surface area contributed by atoms with E-state index in [1.54, 1.807) is 18.3 Å². The van der Waals surface area contributed by atoms with Crippen molar-refractivity contribution in [2.75, 3.05) is 6.61 Å². The van der Waals surface area contributed by atoms with Gasteiger partial charge in [0.05, 0.1) is 12.2 Å². The van der Waals surface area contributed by atoms with Gasteiger partial charge in [0.2, 0.25) is 0 Å². The molecule has 6 heteroatoms. The lowest BCUT2D eigenvalue weighted by Gasteiger charge is -2.02. The number of aromatic nitrogens is 3. The van der Waals surface area contributed by atoms with E-state index in [-0.39, 0.29) is 12.4 Å². The fourth-order valence-corrected chi connectivity index (χ4v) is 1.63. The van der Waals surface area contributed by atoms with Crippen LogP contribution in [0.5, 0.6) is 0 Å². The first-order valence-corrected chi connectivity index (χ1v) is 5.50. The summed E-state index contributed by atoms with van der Waals surface area (Å²) in [6.07, 6.45) is 2.13. The quantitative estimate of drug-likeness (QED) is 0.904. The van der Waals surface area contributed by atoms with E-state index in [4.69, 9.17) is 16.7 Å². The highest BCUT2D eigenvalue weighted by atomic mass is 35.5. The van der Waals surface area contributed by atoms with Crippen molar-refractivity contribution in [1.29, 1.82) is 0 Å². The van der Waals surface area contributed by atoms with Crippen LogP contribution >= 0.6 is 11.6 Å². The molecule has 0 spiro atoms. The molecule has 0 aliphatic heterocycles. The average molecular weight is 256 g/mol. The molecule has 0 unspecified atom stereocenters. The summed E-state index contributed by atoms with van der Waals surface area (Å²) in [5, 5.41) is 16.8. The van der Waals surface area contributed by atoms with E-state index < -0.39 is 0 Å². The molecule has 0 saturated carbocycles. The van der Waals surface area contributed by atoms with E-state index in [1.807, 2.05) is 0 Å². The Balaban J connectivity index is 2.13. The summed E-state index contributed by atoms with van der Waals surface area (Å²) in [6, 6.07) is 4.51. The monoisotopic (exact) mass is 255 g/mol. The van der Waals surface area contributed by atoms with Crippen LogP contribution in [0.2, 0.25) is 5.02 Å². The van der Waals surface area contributed by atoms with Gasteiger partial charge in [-0.05, 0) is 12.1 Å². The van der Waals surface area contributed by atoms with Gasteiger partial charge in [-0.3, -0.25) is 0 Å². The van der Waals surface area contributed by atoms with Crippen molar-refractivity contribution in [3.8, 4) is 0 Å². The molecule has 0 atom stereocenters. The van der Waals surface area contributed by atoms with Crippen LogP contribution in [0.15, 0.2) is 24.4 Å². The van der Waals surface area contributed by atoms with Gasteiger partial charge in [0, 0.05) is 29.8 Å². The van der Waals surface area contributed by atoms with Gasteiger partial charge in [-0.2, -0.15) is 0 Å². The topological polar surface area (TPSA) is 50.9 Å². The number of halogens is 2.